The van der Waals surface area contributed by atoms with Gasteiger partial charge in [0.1, 0.15) is 11.5 Å². The van der Waals surface area contributed by atoms with Crippen molar-refractivity contribution in [3.05, 3.63) is 23.8 Å². The molecule has 1 aromatic carbocycles. The van der Waals surface area contributed by atoms with Gasteiger partial charge in [-0.2, -0.15) is 0 Å². The van der Waals surface area contributed by atoms with E-state index in [-0.39, 0.29) is 6.10 Å². The largest absolute Gasteiger partial charge is 0.490 e. The van der Waals surface area contributed by atoms with Crippen LogP contribution in [-0.4, -0.2) is 12.0 Å². The molecule has 20 heavy (non-hydrogen) atoms. The zero-order chi connectivity index (χ0) is 14.4. The number of primary amides is 1. The maximum Gasteiger partial charge on any atom is 0.248 e. The number of amides is 1. The van der Waals surface area contributed by atoms with Crippen molar-refractivity contribution >= 4 is 28.9 Å². The SMILES string of the molecule is NC(=O)c1cc(OI)cc(OC2CCCCCCC2)c1. The summed E-state index contributed by atoms with van der Waals surface area (Å²) in [6.45, 7) is 0. The number of hydrogen-bond donors (Lipinski definition) is 1. The summed E-state index contributed by atoms with van der Waals surface area (Å²) in [6.07, 6.45) is 8.66. The second-order valence-corrected chi connectivity index (χ2v) is 5.66. The smallest absolute Gasteiger partial charge is 0.248 e. The molecule has 2 N–H and O–H groups in total. The molecule has 0 bridgehead atoms. The fourth-order valence-electron chi connectivity index (χ4n) is 2.56. The molecular formula is C15H20INO3. The van der Waals surface area contributed by atoms with E-state index >= 15 is 0 Å². The maximum atomic E-state index is 11.3. The van der Waals surface area contributed by atoms with Crippen molar-refractivity contribution in [3.63, 3.8) is 0 Å². The molecule has 110 valence electrons. The predicted octanol–water partition coefficient (Wildman–Crippen LogP) is 4.01. The average Bonchev–Trinajstić information content (AvgIpc) is 2.41. The summed E-state index contributed by atoms with van der Waals surface area (Å²) in [6, 6.07) is 5.12. The van der Waals surface area contributed by atoms with Crippen molar-refractivity contribution in [1.82, 2.24) is 0 Å². The second-order valence-electron chi connectivity index (χ2n) is 5.22. The number of benzene rings is 1. The van der Waals surface area contributed by atoms with Crippen molar-refractivity contribution in [1.29, 1.82) is 0 Å². The molecule has 1 aliphatic rings. The fourth-order valence-corrected chi connectivity index (χ4v) is 2.81. The van der Waals surface area contributed by atoms with Gasteiger partial charge < -0.3 is 13.5 Å². The predicted molar refractivity (Wildman–Crippen MR) is 86.3 cm³/mol. The maximum absolute atomic E-state index is 11.3. The van der Waals surface area contributed by atoms with Gasteiger partial charge in [0, 0.05) is 11.6 Å². The van der Waals surface area contributed by atoms with Crippen LogP contribution in [0.2, 0.25) is 0 Å². The topological polar surface area (TPSA) is 61.6 Å². The molecule has 0 unspecified atom stereocenters. The first-order valence-corrected chi connectivity index (χ1v) is 7.97. The third-order valence-corrected chi connectivity index (χ3v) is 4.12. The molecule has 0 aromatic heterocycles. The Morgan fingerprint density at radius 1 is 1.05 bits per heavy atom. The van der Waals surface area contributed by atoms with Crippen molar-refractivity contribution in [2.45, 2.75) is 51.0 Å². The Morgan fingerprint density at radius 3 is 2.25 bits per heavy atom. The Labute approximate surface area is 133 Å². The van der Waals surface area contributed by atoms with Gasteiger partial charge in [-0.3, -0.25) is 4.79 Å². The summed E-state index contributed by atoms with van der Waals surface area (Å²) < 4.78 is 11.2. The van der Waals surface area contributed by atoms with Gasteiger partial charge in [0.2, 0.25) is 5.91 Å². The van der Waals surface area contributed by atoms with Crippen LogP contribution in [0.4, 0.5) is 0 Å². The van der Waals surface area contributed by atoms with E-state index in [2.05, 4.69) is 0 Å². The third kappa shape index (κ3) is 4.54. The molecule has 1 aromatic rings. The zero-order valence-electron chi connectivity index (χ0n) is 11.4. The monoisotopic (exact) mass is 389 g/mol. The molecule has 1 saturated carbocycles. The van der Waals surface area contributed by atoms with Crippen LogP contribution < -0.4 is 13.5 Å². The lowest BCUT2D eigenvalue weighted by Gasteiger charge is -2.21. The van der Waals surface area contributed by atoms with E-state index in [0.717, 1.165) is 12.8 Å². The molecule has 0 spiro atoms. The van der Waals surface area contributed by atoms with Crippen LogP contribution in [-0.2, 0) is 0 Å². The number of rotatable bonds is 4. The molecule has 5 heteroatoms. The molecule has 1 amide bonds. The summed E-state index contributed by atoms with van der Waals surface area (Å²) in [7, 11) is 0. The van der Waals surface area contributed by atoms with Gasteiger partial charge in [-0.1, -0.05) is 19.3 Å². The number of halogens is 1. The van der Waals surface area contributed by atoms with E-state index in [1.54, 1.807) is 41.2 Å². The van der Waals surface area contributed by atoms with Crippen molar-refractivity contribution < 1.29 is 12.6 Å². The molecule has 1 fully saturated rings. The highest BCUT2D eigenvalue weighted by Crippen LogP contribution is 2.27. The molecule has 0 radical (unpaired) electrons. The molecule has 0 atom stereocenters. The van der Waals surface area contributed by atoms with Crippen molar-refractivity contribution in [2.75, 3.05) is 0 Å². The van der Waals surface area contributed by atoms with Gasteiger partial charge >= 0.3 is 0 Å². The minimum absolute atomic E-state index is 0.223. The summed E-state index contributed by atoms with van der Waals surface area (Å²) in [5, 5.41) is 0. The molecule has 1 aliphatic carbocycles. The normalized spacial score (nSPS) is 17.1. The lowest BCUT2D eigenvalue weighted by Crippen LogP contribution is -2.18. The van der Waals surface area contributed by atoms with Crippen LogP contribution in [0, 0.1) is 0 Å². The van der Waals surface area contributed by atoms with E-state index in [1.165, 1.54) is 32.1 Å². The number of ether oxygens (including phenoxy) is 1. The van der Waals surface area contributed by atoms with Gasteiger partial charge in [-0.05, 0) is 37.8 Å². The minimum atomic E-state index is -0.470. The van der Waals surface area contributed by atoms with E-state index in [1.807, 2.05) is 0 Å². The lowest BCUT2D eigenvalue weighted by atomic mass is 9.98. The summed E-state index contributed by atoms with van der Waals surface area (Å²) in [5.74, 6) is 0.782. The summed E-state index contributed by atoms with van der Waals surface area (Å²) >= 11 is 1.78. The van der Waals surface area contributed by atoms with E-state index in [4.69, 9.17) is 13.5 Å². The first-order chi connectivity index (χ1) is 9.69. The van der Waals surface area contributed by atoms with Crippen LogP contribution in [0.3, 0.4) is 0 Å². The number of carbonyl (C=O) groups is 1. The van der Waals surface area contributed by atoms with Crippen LogP contribution in [0.5, 0.6) is 11.5 Å². The van der Waals surface area contributed by atoms with Gasteiger partial charge in [0.25, 0.3) is 0 Å². The summed E-state index contributed by atoms with van der Waals surface area (Å²) in [4.78, 5) is 11.3. The van der Waals surface area contributed by atoms with E-state index in [9.17, 15) is 4.79 Å². The molecule has 4 nitrogen and oxygen atoms in total. The Kier molecular flexibility index (Phi) is 5.94. The van der Waals surface area contributed by atoms with Crippen LogP contribution >= 0.6 is 23.0 Å². The molecule has 2 rings (SSSR count). The molecule has 0 heterocycles. The molecule has 0 saturated heterocycles. The highest BCUT2D eigenvalue weighted by Gasteiger charge is 2.15. The highest BCUT2D eigenvalue weighted by molar-refractivity contribution is 14.1. The Morgan fingerprint density at radius 2 is 1.65 bits per heavy atom. The zero-order valence-corrected chi connectivity index (χ0v) is 13.6. The third-order valence-electron chi connectivity index (χ3n) is 3.61. The fraction of sp³-hybridized carbons (Fsp3) is 0.533. The standard InChI is InChI=1S/C15H20INO3/c16-20-14-9-11(15(17)18)8-13(10-14)19-12-6-4-2-1-3-5-7-12/h8-10,12H,1-7H2,(H2,17,18). The summed E-state index contributed by atoms with van der Waals surface area (Å²) in [5.41, 5.74) is 5.75. The van der Waals surface area contributed by atoms with Crippen LogP contribution in [0.25, 0.3) is 0 Å². The highest BCUT2D eigenvalue weighted by atomic mass is 127. The van der Waals surface area contributed by atoms with Crippen molar-refractivity contribution in [3.8, 4) is 11.5 Å². The van der Waals surface area contributed by atoms with Crippen LogP contribution in [0.15, 0.2) is 18.2 Å². The van der Waals surface area contributed by atoms with Gasteiger partial charge in [-0.15, -0.1) is 0 Å². The Balaban J connectivity index is 2.10. The van der Waals surface area contributed by atoms with Gasteiger partial charge in [-0.25, -0.2) is 0 Å². The van der Waals surface area contributed by atoms with E-state index in [0.29, 0.717) is 17.1 Å². The number of hydrogen-bond acceptors (Lipinski definition) is 3. The molecular weight excluding hydrogens is 369 g/mol. The number of carbonyl (C=O) groups excluding carboxylic acids is 1. The average molecular weight is 389 g/mol. The molecule has 0 aliphatic heterocycles. The van der Waals surface area contributed by atoms with Gasteiger partial charge in [0.15, 0.2) is 23.0 Å². The minimum Gasteiger partial charge on any atom is -0.490 e. The van der Waals surface area contributed by atoms with Crippen molar-refractivity contribution in [2.24, 2.45) is 5.73 Å². The van der Waals surface area contributed by atoms with Gasteiger partial charge in [0.05, 0.1) is 6.10 Å². The first kappa shape index (κ1) is 15.4. The Bertz CT molecular complexity index is 456. The quantitative estimate of drug-likeness (QED) is 0.792. The second kappa shape index (κ2) is 7.71. The number of nitrogens with two attached hydrogens (primary N) is 1. The Hall–Kier alpha value is -0.980. The van der Waals surface area contributed by atoms with Crippen LogP contribution in [0.1, 0.15) is 55.3 Å². The van der Waals surface area contributed by atoms with E-state index < -0.39 is 5.91 Å². The lowest BCUT2D eigenvalue weighted by molar-refractivity contribution is 0.0998. The first-order valence-electron chi connectivity index (χ1n) is 7.09.